The smallest absolute Gasteiger partial charge is 0.422 e. The third kappa shape index (κ3) is 6.37. The van der Waals surface area contributed by atoms with Crippen molar-refractivity contribution in [2.24, 2.45) is 0 Å². The molecule has 0 unspecified atom stereocenters. The number of nitrogens with one attached hydrogen (secondary N) is 2. The molecule has 1 fully saturated rings. The number of nitrogens with zero attached hydrogens (tertiary/aromatic N) is 1. The molecule has 24 heavy (non-hydrogen) atoms. The van der Waals surface area contributed by atoms with E-state index in [-0.39, 0.29) is 18.2 Å². The minimum atomic E-state index is -4.37. The van der Waals surface area contributed by atoms with E-state index in [9.17, 15) is 18.0 Å². The van der Waals surface area contributed by atoms with Gasteiger partial charge >= 0.3 is 6.18 Å². The molecule has 0 radical (unpaired) electrons. The van der Waals surface area contributed by atoms with Crippen LogP contribution in [0.4, 0.5) is 13.2 Å². The Labute approximate surface area is 139 Å². The van der Waals surface area contributed by atoms with Gasteiger partial charge in [-0.1, -0.05) is 12.1 Å². The van der Waals surface area contributed by atoms with E-state index in [4.69, 9.17) is 4.74 Å². The molecule has 8 heteroatoms. The first-order chi connectivity index (χ1) is 11.3. The highest BCUT2D eigenvalue weighted by atomic mass is 19.4. The maximum atomic E-state index is 12.2. The SMILES string of the molecule is C[C@H]1CNCCN1CC(=O)NCc1cccc(OCC(F)(F)F)c1. The van der Waals surface area contributed by atoms with Crippen LogP contribution in [0.15, 0.2) is 24.3 Å². The maximum absolute atomic E-state index is 12.2. The van der Waals surface area contributed by atoms with Gasteiger partial charge in [-0.25, -0.2) is 0 Å². The van der Waals surface area contributed by atoms with Gasteiger partial charge in [0.15, 0.2) is 6.61 Å². The Morgan fingerprint density at radius 2 is 2.25 bits per heavy atom. The Morgan fingerprint density at radius 3 is 2.96 bits per heavy atom. The van der Waals surface area contributed by atoms with E-state index in [0.717, 1.165) is 19.6 Å². The number of amides is 1. The lowest BCUT2D eigenvalue weighted by Gasteiger charge is -2.33. The van der Waals surface area contributed by atoms with Gasteiger partial charge in [0.2, 0.25) is 5.91 Å². The highest BCUT2D eigenvalue weighted by Crippen LogP contribution is 2.19. The lowest BCUT2D eigenvalue weighted by Crippen LogP contribution is -2.52. The summed E-state index contributed by atoms with van der Waals surface area (Å²) in [5, 5.41) is 6.04. The van der Waals surface area contributed by atoms with Crippen LogP contribution in [-0.2, 0) is 11.3 Å². The monoisotopic (exact) mass is 345 g/mol. The quantitative estimate of drug-likeness (QED) is 0.821. The standard InChI is InChI=1S/C16H22F3N3O2/c1-12-8-20-5-6-22(12)10-15(23)21-9-13-3-2-4-14(7-13)24-11-16(17,18)19/h2-4,7,12,20H,5-6,8-11H2,1H3,(H,21,23)/t12-/m0/s1. The molecule has 134 valence electrons. The van der Waals surface area contributed by atoms with Crippen molar-refractivity contribution in [3.8, 4) is 5.75 Å². The molecular weight excluding hydrogens is 323 g/mol. The predicted molar refractivity (Wildman–Crippen MR) is 83.7 cm³/mol. The number of benzene rings is 1. The zero-order chi connectivity index (χ0) is 17.6. The Bertz CT molecular complexity index is 552. The van der Waals surface area contributed by atoms with Crippen LogP contribution < -0.4 is 15.4 Å². The number of piperazine rings is 1. The molecule has 2 N–H and O–H groups in total. The highest BCUT2D eigenvalue weighted by Gasteiger charge is 2.28. The number of rotatable bonds is 6. The molecule has 0 saturated carbocycles. The molecule has 1 aromatic rings. The van der Waals surface area contributed by atoms with Gasteiger partial charge in [-0.3, -0.25) is 9.69 Å². The third-order valence-electron chi connectivity index (χ3n) is 3.78. The lowest BCUT2D eigenvalue weighted by molar-refractivity contribution is -0.153. The van der Waals surface area contributed by atoms with Crippen molar-refractivity contribution in [3.05, 3.63) is 29.8 Å². The van der Waals surface area contributed by atoms with Crippen molar-refractivity contribution >= 4 is 5.91 Å². The van der Waals surface area contributed by atoms with E-state index in [1.54, 1.807) is 12.1 Å². The van der Waals surface area contributed by atoms with Gasteiger partial charge in [0, 0.05) is 32.2 Å². The average molecular weight is 345 g/mol. The summed E-state index contributed by atoms with van der Waals surface area (Å²) in [5.41, 5.74) is 0.691. The molecule has 2 rings (SSSR count). The van der Waals surface area contributed by atoms with E-state index in [1.807, 2.05) is 0 Å². The number of hydrogen-bond donors (Lipinski definition) is 2. The van der Waals surface area contributed by atoms with Crippen LogP contribution in [0.1, 0.15) is 12.5 Å². The second-order valence-corrected chi connectivity index (χ2v) is 5.85. The van der Waals surface area contributed by atoms with Crippen molar-refractivity contribution in [1.82, 2.24) is 15.5 Å². The fourth-order valence-electron chi connectivity index (χ4n) is 2.47. The Balaban J connectivity index is 1.79. The first-order valence-corrected chi connectivity index (χ1v) is 7.83. The molecule has 1 atom stereocenters. The van der Waals surface area contributed by atoms with Crippen molar-refractivity contribution in [1.29, 1.82) is 0 Å². The molecule has 1 aliphatic heterocycles. The fraction of sp³-hybridized carbons (Fsp3) is 0.562. The van der Waals surface area contributed by atoms with Gasteiger partial charge in [-0.15, -0.1) is 0 Å². The van der Waals surface area contributed by atoms with Crippen LogP contribution >= 0.6 is 0 Å². The van der Waals surface area contributed by atoms with Crippen LogP contribution in [0.5, 0.6) is 5.75 Å². The van der Waals surface area contributed by atoms with Gasteiger partial charge in [-0.2, -0.15) is 13.2 Å². The number of carbonyl (C=O) groups excluding carboxylic acids is 1. The molecule has 0 aromatic heterocycles. The molecule has 1 aliphatic rings. The Kier molecular flexibility index (Phi) is 6.44. The van der Waals surface area contributed by atoms with Crippen molar-refractivity contribution in [2.75, 3.05) is 32.8 Å². The van der Waals surface area contributed by atoms with Crippen LogP contribution in [0.2, 0.25) is 0 Å². The predicted octanol–water partition coefficient (Wildman–Crippen LogP) is 1.54. The molecule has 1 amide bonds. The van der Waals surface area contributed by atoms with Crippen LogP contribution in [0, 0.1) is 0 Å². The topological polar surface area (TPSA) is 53.6 Å². The summed E-state index contributed by atoms with van der Waals surface area (Å²) in [5.74, 6) is 0.0279. The number of ether oxygens (including phenoxy) is 1. The maximum Gasteiger partial charge on any atom is 0.422 e. The van der Waals surface area contributed by atoms with Gasteiger partial charge in [0.25, 0.3) is 0 Å². The third-order valence-corrected chi connectivity index (χ3v) is 3.78. The Morgan fingerprint density at radius 1 is 1.46 bits per heavy atom. The summed E-state index contributed by atoms with van der Waals surface area (Å²) < 4.78 is 41.2. The molecule has 1 saturated heterocycles. The lowest BCUT2D eigenvalue weighted by atomic mass is 10.2. The van der Waals surface area contributed by atoms with Crippen molar-refractivity contribution in [3.63, 3.8) is 0 Å². The molecule has 0 bridgehead atoms. The van der Waals surface area contributed by atoms with Crippen LogP contribution in [-0.4, -0.2) is 55.8 Å². The summed E-state index contributed by atoms with van der Waals surface area (Å²) in [6.07, 6.45) is -4.37. The number of alkyl halides is 3. The number of hydrogen-bond acceptors (Lipinski definition) is 4. The van der Waals surface area contributed by atoms with E-state index in [1.165, 1.54) is 12.1 Å². The van der Waals surface area contributed by atoms with E-state index in [2.05, 4.69) is 22.5 Å². The summed E-state index contributed by atoms with van der Waals surface area (Å²) in [6, 6.07) is 6.59. The Hall–Kier alpha value is -1.80. The number of carbonyl (C=O) groups is 1. The summed E-state index contributed by atoms with van der Waals surface area (Å²) in [7, 11) is 0. The van der Waals surface area contributed by atoms with Gasteiger partial charge in [0.05, 0.1) is 6.54 Å². The number of halogens is 3. The first kappa shape index (κ1) is 18.5. The normalized spacial score (nSPS) is 19.1. The second-order valence-electron chi connectivity index (χ2n) is 5.85. The van der Waals surface area contributed by atoms with Crippen LogP contribution in [0.25, 0.3) is 0 Å². The van der Waals surface area contributed by atoms with E-state index in [0.29, 0.717) is 18.2 Å². The summed E-state index contributed by atoms with van der Waals surface area (Å²) >= 11 is 0. The van der Waals surface area contributed by atoms with Gasteiger partial charge < -0.3 is 15.4 Å². The molecule has 5 nitrogen and oxygen atoms in total. The molecule has 1 aromatic carbocycles. The highest BCUT2D eigenvalue weighted by molar-refractivity contribution is 5.78. The summed E-state index contributed by atoms with van der Waals surface area (Å²) in [4.78, 5) is 14.1. The zero-order valence-corrected chi connectivity index (χ0v) is 13.5. The molecular formula is C16H22F3N3O2. The first-order valence-electron chi connectivity index (χ1n) is 7.83. The van der Waals surface area contributed by atoms with Gasteiger partial charge in [0.1, 0.15) is 5.75 Å². The average Bonchev–Trinajstić information content (AvgIpc) is 2.53. The molecule has 0 aliphatic carbocycles. The van der Waals surface area contributed by atoms with E-state index < -0.39 is 12.8 Å². The minimum Gasteiger partial charge on any atom is -0.484 e. The van der Waals surface area contributed by atoms with Gasteiger partial charge in [-0.05, 0) is 24.6 Å². The zero-order valence-electron chi connectivity index (χ0n) is 13.5. The molecule has 1 heterocycles. The summed E-state index contributed by atoms with van der Waals surface area (Å²) in [6.45, 7) is 3.82. The van der Waals surface area contributed by atoms with E-state index >= 15 is 0 Å². The largest absolute Gasteiger partial charge is 0.484 e. The van der Waals surface area contributed by atoms with Crippen molar-refractivity contribution in [2.45, 2.75) is 25.7 Å². The molecule has 0 spiro atoms. The van der Waals surface area contributed by atoms with Crippen LogP contribution in [0.3, 0.4) is 0 Å². The second kappa shape index (κ2) is 8.34. The van der Waals surface area contributed by atoms with Crippen molar-refractivity contribution < 1.29 is 22.7 Å². The fourth-order valence-corrected chi connectivity index (χ4v) is 2.47. The minimum absolute atomic E-state index is 0.106.